The van der Waals surface area contributed by atoms with Crippen LogP contribution in [0.3, 0.4) is 0 Å². The summed E-state index contributed by atoms with van der Waals surface area (Å²) in [6.07, 6.45) is 0. The third kappa shape index (κ3) is 2.91. The summed E-state index contributed by atoms with van der Waals surface area (Å²) in [4.78, 5) is 12.2. The van der Waals surface area contributed by atoms with Crippen LogP contribution in [0.4, 0.5) is 0 Å². The molecule has 0 saturated carbocycles. The summed E-state index contributed by atoms with van der Waals surface area (Å²) in [5.74, 6) is 0.785. The minimum Gasteiger partial charge on any atom is -0.496 e. The van der Waals surface area contributed by atoms with Gasteiger partial charge < -0.3 is 9.84 Å². The Kier molecular flexibility index (Phi) is 4.17. The predicted octanol–water partition coefficient (Wildman–Crippen LogP) is 3.08. The molecule has 0 radical (unpaired) electrons. The molecular weight excluding hydrogens is 228 g/mol. The Morgan fingerprint density at radius 3 is 2.28 bits per heavy atom. The molecule has 0 spiro atoms. The summed E-state index contributed by atoms with van der Waals surface area (Å²) in [6, 6.07) is 3.69. The summed E-state index contributed by atoms with van der Waals surface area (Å²) in [6.45, 7) is 8.96. The molecule has 0 amide bonds. The first kappa shape index (κ1) is 14.7. The van der Waals surface area contributed by atoms with Crippen LogP contribution < -0.4 is 4.74 Å². The molecule has 0 heterocycles. The molecule has 0 bridgehead atoms. The van der Waals surface area contributed by atoms with E-state index >= 15 is 0 Å². The fraction of sp³-hybridized carbons (Fsp3) is 0.533. The van der Waals surface area contributed by atoms with Gasteiger partial charge in [0.1, 0.15) is 11.4 Å². The number of aliphatic hydroxyl groups is 1. The van der Waals surface area contributed by atoms with Crippen molar-refractivity contribution in [1.29, 1.82) is 0 Å². The number of Topliss-reactive ketones (excluding diaryl/α,β-unsaturated/α-hetero) is 1. The highest BCUT2D eigenvalue weighted by Gasteiger charge is 2.27. The fourth-order valence-corrected chi connectivity index (χ4v) is 1.90. The van der Waals surface area contributed by atoms with Crippen molar-refractivity contribution in [1.82, 2.24) is 0 Å². The van der Waals surface area contributed by atoms with Crippen molar-refractivity contribution in [2.24, 2.45) is 0 Å². The Bertz CT molecular complexity index is 454. The molecule has 3 heteroatoms. The van der Waals surface area contributed by atoms with Crippen molar-refractivity contribution in [3.63, 3.8) is 0 Å². The monoisotopic (exact) mass is 250 g/mol. The zero-order valence-electron chi connectivity index (χ0n) is 12.0. The van der Waals surface area contributed by atoms with Crippen LogP contribution in [0.25, 0.3) is 0 Å². The van der Waals surface area contributed by atoms with Crippen molar-refractivity contribution in [2.75, 3.05) is 7.11 Å². The summed E-state index contributed by atoms with van der Waals surface area (Å²) in [5.41, 5.74) is 1.01. The van der Waals surface area contributed by atoms with Crippen molar-refractivity contribution in [3.8, 4) is 5.75 Å². The number of rotatable bonds is 4. The molecule has 0 fully saturated rings. The SMILES string of the molecule is COc1cc(C)c(C(=O)C(C)(C)O)cc1C(C)C. The molecular formula is C15H22O3. The number of aryl methyl sites for hydroxylation is 1. The van der Waals surface area contributed by atoms with Gasteiger partial charge in [0.25, 0.3) is 0 Å². The molecule has 18 heavy (non-hydrogen) atoms. The van der Waals surface area contributed by atoms with E-state index in [1.165, 1.54) is 13.8 Å². The largest absolute Gasteiger partial charge is 0.496 e. The van der Waals surface area contributed by atoms with Crippen molar-refractivity contribution < 1.29 is 14.6 Å². The molecule has 3 nitrogen and oxygen atoms in total. The van der Waals surface area contributed by atoms with Crippen molar-refractivity contribution in [2.45, 2.75) is 46.1 Å². The first-order valence-corrected chi connectivity index (χ1v) is 6.14. The van der Waals surface area contributed by atoms with E-state index in [4.69, 9.17) is 4.74 Å². The molecule has 0 unspecified atom stereocenters. The van der Waals surface area contributed by atoms with Crippen LogP contribution in [0.5, 0.6) is 5.75 Å². The lowest BCUT2D eigenvalue weighted by atomic mass is 9.89. The first-order valence-electron chi connectivity index (χ1n) is 6.14. The van der Waals surface area contributed by atoms with Crippen LogP contribution in [0, 0.1) is 6.92 Å². The highest BCUT2D eigenvalue weighted by atomic mass is 16.5. The molecule has 0 aromatic heterocycles. The molecule has 0 aliphatic rings. The number of ketones is 1. The van der Waals surface area contributed by atoms with Crippen molar-refractivity contribution >= 4 is 5.78 Å². The van der Waals surface area contributed by atoms with E-state index in [2.05, 4.69) is 0 Å². The average molecular weight is 250 g/mol. The van der Waals surface area contributed by atoms with Gasteiger partial charge in [-0.05, 0) is 49.9 Å². The van der Waals surface area contributed by atoms with Gasteiger partial charge in [0.15, 0.2) is 5.78 Å². The van der Waals surface area contributed by atoms with Crippen LogP contribution in [0.15, 0.2) is 12.1 Å². The number of hydrogen-bond donors (Lipinski definition) is 1. The Morgan fingerprint density at radius 1 is 1.33 bits per heavy atom. The van der Waals surface area contributed by atoms with Gasteiger partial charge in [-0.3, -0.25) is 4.79 Å². The molecule has 0 saturated heterocycles. The predicted molar refractivity (Wildman–Crippen MR) is 72.4 cm³/mol. The minimum absolute atomic E-state index is 0.258. The minimum atomic E-state index is -1.35. The van der Waals surface area contributed by atoms with Gasteiger partial charge in [-0.2, -0.15) is 0 Å². The first-order chi connectivity index (χ1) is 8.18. The normalized spacial score (nSPS) is 11.8. The maximum Gasteiger partial charge on any atom is 0.194 e. The average Bonchev–Trinajstić information content (AvgIpc) is 2.25. The van der Waals surface area contributed by atoms with Crippen LogP contribution in [0.2, 0.25) is 0 Å². The maximum atomic E-state index is 12.2. The number of benzene rings is 1. The second kappa shape index (κ2) is 5.11. The highest BCUT2D eigenvalue weighted by Crippen LogP contribution is 2.31. The number of methoxy groups -OCH3 is 1. The summed E-state index contributed by atoms with van der Waals surface area (Å²) >= 11 is 0. The van der Waals surface area contributed by atoms with Crippen LogP contribution in [-0.2, 0) is 0 Å². The lowest BCUT2D eigenvalue weighted by Crippen LogP contribution is -2.31. The molecule has 1 rings (SSSR count). The standard InChI is InChI=1S/C15H22O3/c1-9(2)11-8-12(14(16)15(4,5)17)10(3)7-13(11)18-6/h7-9,17H,1-6H3. The molecule has 0 atom stereocenters. The van der Waals surface area contributed by atoms with E-state index in [9.17, 15) is 9.90 Å². The van der Waals surface area contributed by atoms with E-state index in [1.54, 1.807) is 7.11 Å². The van der Waals surface area contributed by atoms with E-state index in [0.29, 0.717) is 5.56 Å². The Balaban J connectivity index is 3.39. The van der Waals surface area contributed by atoms with Crippen molar-refractivity contribution in [3.05, 3.63) is 28.8 Å². The molecule has 0 aliphatic carbocycles. The lowest BCUT2D eigenvalue weighted by Gasteiger charge is -2.20. The van der Waals surface area contributed by atoms with E-state index < -0.39 is 5.60 Å². The quantitative estimate of drug-likeness (QED) is 0.835. The second-order valence-electron chi connectivity index (χ2n) is 5.45. The molecule has 100 valence electrons. The second-order valence-corrected chi connectivity index (χ2v) is 5.45. The van der Waals surface area contributed by atoms with Gasteiger partial charge in [0.2, 0.25) is 0 Å². The van der Waals surface area contributed by atoms with E-state index in [0.717, 1.165) is 16.9 Å². The highest BCUT2D eigenvalue weighted by molar-refractivity contribution is 6.03. The van der Waals surface area contributed by atoms with Gasteiger partial charge in [-0.25, -0.2) is 0 Å². The summed E-state index contributed by atoms with van der Waals surface area (Å²) in [5, 5.41) is 9.84. The molecule has 1 aromatic rings. The summed E-state index contributed by atoms with van der Waals surface area (Å²) in [7, 11) is 1.62. The third-order valence-corrected chi connectivity index (χ3v) is 3.00. The van der Waals surface area contributed by atoms with Gasteiger partial charge in [0, 0.05) is 5.56 Å². The Labute approximate surface area is 109 Å². The number of ether oxygens (including phenoxy) is 1. The third-order valence-electron chi connectivity index (χ3n) is 3.00. The van der Waals surface area contributed by atoms with E-state index in [-0.39, 0.29) is 11.7 Å². The van der Waals surface area contributed by atoms with Gasteiger partial charge in [-0.15, -0.1) is 0 Å². The maximum absolute atomic E-state index is 12.2. The van der Waals surface area contributed by atoms with Crippen LogP contribution in [-0.4, -0.2) is 23.6 Å². The summed E-state index contributed by atoms with van der Waals surface area (Å²) < 4.78 is 5.33. The fourth-order valence-electron chi connectivity index (χ4n) is 1.90. The zero-order valence-corrected chi connectivity index (χ0v) is 12.0. The molecule has 1 aromatic carbocycles. The Hall–Kier alpha value is -1.35. The number of carbonyl (C=O) groups excluding carboxylic acids is 1. The van der Waals surface area contributed by atoms with Gasteiger partial charge >= 0.3 is 0 Å². The van der Waals surface area contributed by atoms with Gasteiger partial charge in [-0.1, -0.05) is 13.8 Å². The Morgan fingerprint density at radius 2 is 1.89 bits per heavy atom. The number of carbonyl (C=O) groups is 1. The van der Waals surface area contributed by atoms with Crippen LogP contribution >= 0.6 is 0 Å². The van der Waals surface area contributed by atoms with E-state index in [1.807, 2.05) is 32.9 Å². The molecule has 1 N–H and O–H groups in total. The zero-order chi connectivity index (χ0) is 14.1. The topological polar surface area (TPSA) is 46.5 Å². The molecule has 0 aliphatic heterocycles. The number of hydrogen-bond acceptors (Lipinski definition) is 3. The smallest absolute Gasteiger partial charge is 0.194 e. The van der Waals surface area contributed by atoms with Crippen LogP contribution in [0.1, 0.15) is 55.1 Å². The van der Waals surface area contributed by atoms with Gasteiger partial charge in [0.05, 0.1) is 7.11 Å². The lowest BCUT2D eigenvalue weighted by molar-refractivity contribution is 0.0487.